The lowest BCUT2D eigenvalue weighted by molar-refractivity contribution is -0.126. The molecule has 0 aliphatic heterocycles. The molecule has 1 aromatic carbocycles. The van der Waals surface area contributed by atoms with Gasteiger partial charge in [0.15, 0.2) is 0 Å². The van der Waals surface area contributed by atoms with E-state index in [9.17, 15) is 9.59 Å². The third kappa shape index (κ3) is 4.69. The number of allylic oxidation sites excluding steroid dienone is 1. The zero-order chi connectivity index (χ0) is 11.8. The summed E-state index contributed by atoms with van der Waals surface area (Å²) in [5.74, 6) is -0.00265. The summed E-state index contributed by atoms with van der Waals surface area (Å²) in [4.78, 5) is 22.3. The van der Waals surface area contributed by atoms with E-state index in [1.54, 1.807) is 13.0 Å². The van der Waals surface area contributed by atoms with Crippen molar-refractivity contribution in [2.75, 3.05) is 0 Å². The van der Waals surface area contributed by atoms with E-state index in [1.807, 2.05) is 36.4 Å². The van der Waals surface area contributed by atoms with Crippen LogP contribution in [-0.2, 0) is 9.59 Å². The predicted octanol–water partition coefficient (Wildman–Crippen LogP) is 3.03. The fourth-order valence-corrected chi connectivity index (χ4v) is 1.31. The Hall–Kier alpha value is -1.70. The van der Waals surface area contributed by atoms with Gasteiger partial charge in [-0.25, -0.2) is 0 Å². The lowest BCUT2D eigenvalue weighted by atomic mass is 10.1. The van der Waals surface area contributed by atoms with Crippen LogP contribution in [0.5, 0.6) is 0 Å². The van der Waals surface area contributed by atoms with Crippen LogP contribution in [0.15, 0.2) is 36.4 Å². The highest BCUT2D eigenvalue weighted by molar-refractivity contribution is 5.99. The van der Waals surface area contributed by atoms with Crippen molar-refractivity contribution < 1.29 is 9.59 Å². The van der Waals surface area contributed by atoms with Crippen LogP contribution in [0.4, 0.5) is 0 Å². The molecule has 0 heterocycles. The van der Waals surface area contributed by atoms with Crippen molar-refractivity contribution in [2.24, 2.45) is 0 Å². The molecule has 0 aromatic heterocycles. The van der Waals surface area contributed by atoms with Crippen molar-refractivity contribution in [1.29, 1.82) is 0 Å². The summed E-state index contributed by atoms with van der Waals surface area (Å²) >= 11 is 0. The first-order valence-electron chi connectivity index (χ1n) is 5.47. The van der Waals surface area contributed by atoms with Gasteiger partial charge in [-0.3, -0.25) is 9.59 Å². The number of rotatable bonds is 6. The average molecular weight is 216 g/mol. The molecule has 0 amide bonds. The summed E-state index contributed by atoms with van der Waals surface area (Å²) in [5.41, 5.74) is 1.07. The highest BCUT2D eigenvalue weighted by Gasteiger charge is 2.05. The predicted molar refractivity (Wildman–Crippen MR) is 65.0 cm³/mol. The molecule has 0 N–H and O–H groups in total. The molecule has 0 fully saturated rings. The number of hydrogen-bond acceptors (Lipinski definition) is 2. The third-order valence-electron chi connectivity index (χ3n) is 2.24. The molecule has 84 valence electrons. The van der Waals surface area contributed by atoms with Gasteiger partial charge in [0.05, 0.1) is 6.42 Å². The van der Waals surface area contributed by atoms with Gasteiger partial charge in [0.25, 0.3) is 0 Å². The van der Waals surface area contributed by atoms with Gasteiger partial charge in [-0.05, 0) is 5.56 Å². The third-order valence-corrected chi connectivity index (χ3v) is 2.24. The number of carbonyl (C=O) groups excluding carboxylic acids is 2. The summed E-state index contributed by atoms with van der Waals surface area (Å²) in [6.45, 7) is 1.77. The van der Waals surface area contributed by atoms with Gasteiger partial charge in [0.2, 0.25) is 0 Å². The Kier molecular flexibility index (Phi) is 5.20. The summed E-state index contributed by atoms with van der Waals surface area (Å²) < 4.78 is 0. The lowest BCUT2D eigenvalue weighted by Gasteiger charge is -1.94. The molecule has 0 aliphatic carbocycles. The second kappa shape index (κ2) is 6.72. The number of carbonyl (C=O) groups is 2. The minimum atomic E-state index is -0.0148. The number of hydrogen-bond donors (Lipinski definition) is 0. The highest BCUT2D eigenvalue weighted by atomic mass is 16.1. The summed E-state index contributed by atoms with van der Waals surface area (Å²) in [5, 5.41) is 0. The molecular formula is C14H16O2. The quantitative estimate of drug-likeness (QED) is 0.685. The van der Waals surface area contributed by atoms with Gasteiger partial charge in [-0.1, -0.05) is 49.4 Å². The number of Topliss-reactive ketones (excluding diaryl/α,β-unsaturated/α-hetero) is 2. The molecule has 0 spiro atoms. The maximum Gasteiger partial charge on any atom is 0.144 e. The first-order valence-corrected chi connectivity index (χ1v) is 5.47. The smallest absolute Gasteiger partial charge is 0.144 e. The maximum absolute atomic E-state index is 11.3. The summed E-state index contributed by atoms with van der Waals surface area (Å²) in [6, 6.07) is 9.78. The van der Waals surface area contributed by atoms with Gasteiger partial charge < -0.3 is 0 Å². The first-order chi connectivity index (χ1) is 7.72. The summed E-state index contributed by atoms with van der Waals surface area (Å²) in [7, 11) is 0. The minimum Gasteiger partial charge on any atom is -0.299 e. The van der Waals surface area contributed by atoms with Gasteiger partial charge in [0, 0.05) is 12.8 Å². The molecule has 0 bridgehead atoms. The van der Waals surface area contributed by atoms with Crippen molar-refractivity contribution in [1.82, 2.24) is 0 Å². The van der Waals surface area contributed by atoms with Crippen LogP contribution in [0.3, 0.4) is 0 Å². The molecule has 1 rings (SSSR count). The second-order valence-corrected chi connectivity index (χ2v) is 3.62. The standard InChI is InChI=1S/C14H16O2/c1-2-13(15)11-14(16)10-6-9-12-7-4-3-5-8-12/h3-9H,2,10-11H2,1H3. The van der Waals surface area contributed by atoms with Crippen LogP contribution in [0.2, 0.25) is 0 Å². The summed E-state index contributed by atoms with van der Waals surface area (Å²) in [6.07, 6.45) is 4.54. The minimum absolute atomic E-state index is 0.0121. The average Bonchev–Trinajstić information content (AvgIpc) is 2.30. The molecule has 0 radical (unpaired) electrons. The van der Waals surface area contributed by atoms with Gasteiger partial charge >= 0.3 is 0 Å². The van der Waals surface area contributed by atoms with Crippen LogP contribution in [0.25, 0.3) is 6.08 Å². The Morgan fingerprint density at radius 1 is 1.12 bits per heavy atom. The van der Waals surface area contributed by atoms with E-state index < -0.39 is 0 Å². The van der Waals surface area contributed by atoms with E-state index in [4.69, 9.17) is 0 Å². The molecule has 2 heteroatoms. The molecular weight excluding hydrogens is 200 g/mol. The van der Waals surface area contributed by atoms with Gasteiger partial charge in [-0.2, -0.15) is 0 Å². The Morgan fingerprint density at radius 2 is 1.81 bits per heavy atom. The number of ketones is 2. The Labute approximate surface area is 96.0 Å². The highest BCUT2D eigenvalue weighted by Crippen LogP contribution is 2.03. The molecule has 1 aromatic rings. The van der Waals surface area contributed by atoms with E-state index in [2.05, 4.69) is 0 Å². The van der Waals surface area contributed by atoms with Crippen molar-refractivity contribution in [3.05, 3.63) is 42.0 Å². The molecule has 2 nitrogen and oxygen atoms in total. The topological polar surface area (TPSA) is 34.1 Å². The van der Waals surface area contributed by atoms with Crippen molar-refractivity contribution in [3.8, 4) is 0 Å². The largest absolute Gasteiger partial charge is 0.299 e. The Morgan fingerprint density at radius 3 is 2.44 bits per heavy atom. The first kappa shape index (κ1) is 12.4. The van der Waals surface area contributed by atoms with E-state index in [0.717, 1.165) is 5.56 Å². The van der Waals surface area contributed by atoms with Crippen molar-refractivity contribution >= 4 is 17.6 Å². The Balaban J connectivity index is 2.37. The Bertz CT molecular complexity index is 377. The molecule has 0 saturated carbocycles. The molecule has 16 heavy (non-hydrogen) atoms. The fourth-order valence-electron chi connectivity index (χ4n) is 1.31. The second-order valence-electron chi connectivity index (χ2n) is 3.62. The van der Waals surface area contributed by atoms with Crippen LogP contribution in [0, 0.1) is 0 Å². The normalized spacial score (nSPS) is 10.6. The number of benzene rings is 1. The molecule has 0 unspecified atom stereocenters. The van der Waals surface area contributed by atoms with Gasteiger partial charge in [-0.15, -0.1) is 0 Å². The van der Waals surface area contributed by atoms with Crippen LogP contribution in [-0.4, -0.2) is 11.6 Å². The van der Waals surface area contributed by atoms with Gasteiger partial charge in [0.1, 0.15) is 11.6 Å². The zero-order valence-electron chi connectivity index (χ0n) is 9.48. The lowest BCUT2D eigenvalue weighted by Crippen LogP contribution is -2.04. The van der Waals surface area contributed by atoms with Crippen LogP contribution in [0.1, 0.15) is 31.7 Å². The fraction of sp³-hybridized carbons (Fsp3) is 0.286. The van der Waals surface area contributed by atoms with E-state index >= 15 is 0 Å². The molecule has 0 aliphatic rings. The monoisotopic (exact) mass is 216 g/mol. The van der Waals surface area contributed by atoms with Crippen molar-refractivity contribution in [3.63, 3.8) is 0 Å². The van der Waals surface area contributed by atoms with E-state index in [0.29, 0.717) is 12.8 Å². The zero-order valence-corrected chi connectivity index (χ0v) is 9.48. The van der Waals surface area contributed by atoms with Crippen LogP contribution < -0.4 is 0 Å². The van der Waals surface area contributed by atoms with Crippen LogP contribution >= 0.6 is 0 Å². The molecule has 0 atom stereocenters. The van der Waals surface area contributed by atoms with Crippen molar-refractivity contribution in [2.45, 2.75) is 26.2 Å². The SMILES string of the molecule is CCC(=O)CC(=O)CC=Cc1ccccc1. The maximum atomic E-state index is 11.3. The van der Waals surface area contributed by atoms with E-state index in [-0.39, 0.29) is 18.0 Å². The molecule has 0 saturated heterocycles. The van der Waals surface area contributed by atoms with E-state index in [1.165, 1.54) is 0 Å².